The van der Waals surface area contributed by atoms with Crippen LogP contribution in [-0.2, 0) is 9.63 Å². The molecule has 0 bridgehead atoms. The molecule has 2 aromatic carbocycles. The van der Waals surface area contributed by atoms with Crippen LogP contribution < -0.4 is 10.8 Å². The molecule has 2 atom stereocenters. The zero-order chi connectivity index (χ0) is 22.1. The monoisotopic (exact) mass is 506 g/mol. The first-order chi connectivity index (χ1) is 14.2. The second-order valence-corrected chi connectivity index (χ2v) is 9.18. The summed E-state index contributed by atoms with van der Waals surface area (Å²) in [4.78, 5) is 29.9. The minimum atomic E-state index is -1.30. The van der Waals surface area contributed by atoms with Crippen molar-refractivity contribution in [3.05, 3.63) is 75.2 Å². The molecule has 3 rings (SSSR count). The maximum absolute atomic E-state index is 12.8. The molecule has 2 N–H and O–H groups in total. The highest BCUT2D eigenvalue weighted by Gasteiger charge is 2.67. The smallest absolute Gasteiger partial charge is 0.276 e. The quantitative estimate of drug-likeness (QED) is 0.208. The number of halogens is 5. The Hall–Kier alpha value is -1.47. The first-order valence-corrected chi connectivity index (χ1v) is 10.5. The number of carbonyl (C=O) groups excluding carboxylic acids is 2. The zero-order valence-electron chi connectivity index (χ0n) is 15.2. The van der Waals surface area contributed by atoms with Crippen LogP contribution in [0.4, 0.5) is 5.69 Å². The number of benzene rings is 2. The molecule has 0 unspecified atom stereocenters. The van der Waals surface area contributed by atoms with Gasteiger partial charge in [0.15, 0.2) is 0 Å². The molecule has 0 saturated heterocycles. The van der Waals surface area contributed by atoms with Crippen LogP contribution in [0.1, 0.15) is 21.8 Å². The molecule has 30 heavy (non-hydrogen) atoms. The third-order valence-corrected chi connectivity index (χ3v) is 6.49. The Kier molecular flexibility index (Phi) is 7.23. The second kappa shape index (κ2) is 9.35. The van der Waals surface area contributed by atoms with E-state index in [2.05, 4.69) is 17.4 Å². The highest BCUT2D eigenvalue weighted by atomic mass is 35.5. The number of hydroxylamine groups is 1. The van der Waals surface area contributed by atoms with Gasteiger partial charge in [0, 0.05) is 11.6 Å². The standard InChI is InChI=1S/C20H15Cl5N2O3/c1-2-7-30-27-18(28)12-9-11(4-6-13(12)21)26-19(29)17-16(20(17,24)25)10-3-5-14(22)15(23)8-10/h2-6,8-9,16-17H,1,7H2,(H,26,29)(H,27,28)/t16-,17+/m1/s1. The van der Waals surface area contributed by atoms with E-state index in [1.165, 1.54) is 18.2 Å². The van der Waals surface area contributed by atoms with E-state index in [0.717, 1.165) is 0 Å². The number of amides is 2. The van der Waals surface area contributed by atoms with E-state index < -0.39 is 28.0 Å². The molecule has 5 nitrogen and oxygen atoms in total. The van der Waals surface area contributed by atoms with Crippen LogP contribution in [0.3, 0.4) is 0 Å². The molecule has 0 radical (unpaired) electrons. The third-order valence-electron chi connectivity index (χ3n) is 4.48. The Labute approximate surface area is 198 Å². The van der Waals surface area contributed by atoms with Gasteiger partial charge in [-0.2, -0.15) is 0 Å². The Bertz CT molecular complexity index is 1010. The summed E-state index contributed by atoms with van der Waals surface area (Å²) in [5.41, 5.74) is 3.41. The van der Waals surface area contributed by atoms with Crippen LogP contribution in [0.25, 0.3) is 0 Å². The number of hydrogen-bond donors (Lipinski definition) is 2. The van der Waals surface area contributed by atoms with Gasteiger partial charge < -0.3 is 5.32 Å². The van der Waals surface area contributed by atoms with Crippen LogP contribution in [-0.4, -0.2) is 22.8 Å². The van der Waals surface area contributed by atoms with Gasteiger partial charge in [-0.15, -0.1) is 29.8 Å². The van der Waals surface area contributed by atoms with E-state index in [4.69, 9.17) is 62.8 Å². The van der Waals surface area contributed by atoms with Gasteiger partial charge in [0.25, 0.3) is 5.91 Å². The summed E-state index contributed by atoms with van der Waals surface area (Å²) >= 11 is 30.8. The minimum Gasteiger partial charge on any atom is -0.326 e. The summed E-state index contributed by atoms with van der Waals surface area (Å²) in [6.07, 6.45) is 1.48. The van der Waals surface area contributed by atoms with E-state index in [1.807, 2.05) is 0 Å². The summed E-state index contributed by atoms with van der Waals surface area (Å²) < 4.78 is -1.30. The minimum absolute atomic E-state index is 0.123. The summed E-state index contributed by atoms with van der Waals surface area (Å²) in [5.74, 6) is -2.16. The fourth-order valence-corrected chi connectivity index (χ4v) is 4.33. The van der Waals surface area contributed by atoms with Crippen molar-refractivity contribution in [3.8, 4) is 0 Å². The van der Waals surface area contributed by atoms with E-state index in [0.29, 0.717) is 21.3 Å². The SMILES string of the molecule is C=CCONC(=O)c1cc(NC(=O)[C@@H]2[C@@H](c3ccc(Cl)c(Cl)c3)C2(Cl)Cl)ccc1Cl. The van der Waals surface area contributed by atoms with Crippen molar-refractivity contribution in [1.29, 1.82) is 0 Å². The van der Waals surface area contributed by atoms with Crippen molar-refractivity contribution in [2.75, 3.05) is 11.9 Å². The normalized spacial score (nSPS) is 19.1. The molecular formula is C20H15Cl5N2O3. The molecule has 1 saturated carbocycles. The van der Waals surface area contributed by atoms with Crippen LogP contribution in [0.15, 0.2) is 49.1 Å². The van der Waals surface area contributed by atoms with Crippen LogP contribution in [0.5, 0.6) is 0 Å². The van der Waals surface area contributed by atoms with Crippen molar-refractivity contribution in [3.63, 3.8) is 0 Å². The average Bonchev–Trinajstić information content (AvgIpc) is 3.27. The lowest BCUT2D eigenvalue weighted by molar-refractivity contribution is -0.117. The van der Waals surface area contributed by atoms with Crippen molar-refractivity contribution in [1.82, 2.24) is 5.48 Å². The van der Waals surface area contributed by atoms with E-state index >= 15 is 0 Å². The molecule has 0 spiro atoms. The highest BCUT2D eigenvalue weighted by Crippen LogP contribution is 2.65. The van der Waals surface area contributed by atoms with Gasteiger partial charge in [-0.1, -0.05) is 46.9 Å². The van der Waals surface area contributed by atoms with E-state index in [-0.39, 0.29) is 17.2 Å². The summed E-state index contributed by atoms with van der Waals surface area (Å²) in [7, 11) is 0. The topological polar surface area (TPSA) is 67.4 Å². The fraction of sp³-hybridized carbons (Fsp3) is 0.200. The maximum atomic E-state index is 12.8. The zero-order valence-corrected chi connectivity index (χ0v) is 19.0. The first kappa shape index (κ1) is 23.2. The molecule has 2 amide bonds. The van der Waals surface area contributed by atoms with Gasteiger partial charge in [-0.25, -0.2) is 5.48 Å². The van der Waals surface area contributed by atoms with Crippen LogP contribution >= 0.6 is 58.0 Å². The third kappa shape index (κ3) is 4.88. The molecular weight excluding hydrogens is 493 g/mol. The molecule has 1 fully saturated rings. The molecule has 1 aliphatic rings. The van der Waals surface area contributed by atoms with Gasteiger partial charge in [0.1, 0.15) is 4.33 Å². The lowest BCUT2D eigenvalue weighted by Gasteiger charge is -2.10. The Morgan fingerprint density at radius 3 is 2.43 bits per heavy atom. The molecule has 0 aliphatic heterocycles. The molecule has 0 heterocycles. The van der Waals surface area contributed by atoms with Gasteiger partial charge in [0.2, 0.25) is 5.91 Å². The lowest BCUT2D eigenvalue weighted by atomic mass is 10.1. The fourth-order valence-electron chi connectivity index (χ4n) is 2.99. The number of alkyl halides is 2. The molecule has 10 heteroatoms. The summed E-state index contributed by atoms with van der Waals surface area (Å²) in [6, 6.07) is 9.44. The number of anilines is 1. The largest absolute Gasteiger partial charge is 0.326 e. The van der Waals surface area contributed by atoms with Crippen molar-refractivity contribution >= 4 is 75.5 Å². The predicted octanol–water partition coefficient (Wildman–Crippen LogP) is 6.02. The molecule has 1 aliphatic carbocycles. The van der Waals surface area contributed by atoms with E-state index in [9.17, 15) is 9.59 Å². The maximum Gasteiger partial charge on any atom is 0.276 e. The number of carbonyl (C=O) groups is 2. The summed E-state index contributed by atoms with van der Waals surface area (Å²) in [6.45, 7) is 3.61. The number of nitrogens with one attached hydrogen (secondary N) is 2. The Morgan fingerprint density at radius 1 is 1.07 bits per heavy atom. The molecule has 158 valence electrons. The van der Waals surface area contributed by atoms with Crippen LogP contribution in [0, 0.1) is 5.92 Å². The highest BCUT2D eigenvalue weighted by molar-refractivity contribution is 6.53. The second-order valence-electron chi connectivity index (χ2n) is 6.52. The van der Waals surface area contributed by atoms with Crippen molar-refractivity contribution < 1.29 is 14.4 Å². The van der Waals surface area contributed by atoms with E-state index in [1.54, 1.807) is 24.3 Å². The van der Waals surface area contributed by atoms with Gasteiger partial charge in [-0.05, 0) is 35.9 Å². The Morgan fingerprint density at radius 2 is 1.77 bits per heavy atom. The molecule has 0 aromatic heterocycles. The molecule has 2 aromatic rings. The lowest BCUT2D eigenvalue weighted by Crippen LogP contribution is -2.24. The number of rotatable bonds is 7. The number of hydrogen-bond acceptors (Lipinski definition) is 3. The van der Waals surface area contributed by atoms with Crippen LogP contribution in [0.2, 0.25) is 15.1 Å². The summed E-state index contributed by atoms with van der Waals surface area (Å²) in [5, 5.41) is 3.64. The van der Waals surface area contributed by atoms with Gasteiger partial charge >= 0.3 is 0 Å². The van der Waals surface area contributed by atoms with Gasteiger partial charge in [0.05, 0.1) is 33.2 Å². The van der Waals surface area contributed by atoms with Crippen molar-refractivity contribution in [2.45, 2.75) is 10.3 Å². The van der Waals surface area contributed by atoms with Crippen molar-refractivity contribution in [2.24, 2.45) is 5.92 Å². The Balaban J connectivity index is 1.74. The predicted molar refractivity (Wildman–Crippen MR) is 121 cm³/mol. The average molecular weight is 509 g/mol. The first-order valence-electron chi connectivity index (χ1n) is 8.63. The van der Waals surface area contributed by atoms with Gasteiger partial charge in [-0.3, -0.25) is 14.4 Å².